The molecule has 0 aliphatic carbocycles. The second kappa shape index (κ2) is 6.99. The molecule has 0 bridgehead atoms. The smallest absolute Gasteiger partial charge is 0.269 e. The molecule has 1 atom stereocenters. The highest BCUT2D eigenvalue weighted by Gasteiger charge is 2.12. The van der Waals surface area contributed by atoms with Crippen LogP contribution in [0.4, 0.5) is 11.4 Å². The predicted molar refractivity (Wildman–Crippen MR) is 88.8 cm³/mol. The first-order valence-corrected chi connectivity index (χ1v) is 7.25. The van der Waals surface area contributed by atoms with Gasteiger partial charge in [0.05, 0.1) is 16.7 Å². The Morgan fingerprint density at radius 2 is 2.09 bits per heavy atom. The van der Waals surface area contributed by atoms with Crippen molar-refractivity contribution in [1.29, 1.82) is 0 Å². The Hall–Kier alpha value is -2.48. The van der Waals surface area contributed by atoms with Gasteiger partial charge in [0.15, 0.2) is 5.11 Å². The van der Waals surface area contributed by atoms with Crippen molar-refractivity contribution in [3.8, 4) is 0 Å². The van der Waals surface area contributed by atoms with Gasteiger partial charge in [0, 0.05) is 30.6 Å². The fourth-order valence-electron chi connectivity index (χ4n) is 2.08. The lowest BCUT2D eigenvalue weighted by molar-refractivity contribution is -0.384. The van der Waals surface area contributed by atoms with E-state index < -0.39 is 4.92 Å². The zero-order valence-electron chi connectivity index (χ0n) is 12.3. The van der Waals surface area contributed by atoms with Gasteiger partial charge < -0.3 is 10.6 Å². The van der Waals surface area contributed by atoms with Crippen LogP contribution in [0.2, 0.25) is 0 Å². The number of aromatic nitrogens is 2. The summed E-state index contributed by atoms with van der Waals surface area (Å²) in [5.41, 5.74) is 1.78. The Morgan fingerprint density at radius 3 is 2.68 bits per heavy atom. The molecule has 0 spiro atoms. The number of hydrogen-bond acceptors (Lipinski definition) is 4. The van der Waals surface area contributed by atoms with Crippen LogP contribution in [0.5, 0.6) is 0 Å². The number of rotatable bonds is 5. The maximum atomic E-state index is 10.6. The molecular formula is C14H17N5O2S. The zero-order chi connectivity index (χ0) is 16.1. The van der Waals surface area contributed by atoms with Crippen molar-refractivity contribution in [2.45, 2.75) is 26.4 Å². The summed E-state index contributed by atoms with van der Waals surface area (Å²) in [6.07, 6.45) is 1.75. The van der Waals surface area contributed by atoms with Gasteiger partial charge in [-0.25, -0.2) is 0 Å². The molecule has 2 rings (SSSR count). The lowest BCUT2D eigenvalue weighted by Crippen LogP contribution is -2.32. The van der Waals surface area contributed by atoms with E-state index in [0.717, 1.165) is 12.2 Å². The molecule has 0 saturated heterocycles. The Balaban J connectivity index is 1.96. The van der Waals surface area contributed by atoms with Gasteiger partial charge in [0.25, 0.3) is 5.69 Å². The van der Waals surface area contributed by atoms with Crippen LogP contribution in [0.1, 0.15) is 25.6 Å². The fourth-order valence-corrected chi connectivity index (χ4v) is 2.37. The molecule has 116 valence electrons. The number of nitrogens with one attached hydrogen (secondary N) is 2. The fraction of sp³-hybridized carbons (Fsp3) is 0.286. The maximum Gasteiger partial charge on any atom is 0.269 e. The molecule has 0 fully saturated rings. The van der Waals surface area contributed by atoms with Gasteiger partial charge in [-0.15, -0.1) is 0 Å². The molecule has 1 unspecified atom stereocenters. The number of nitro groups is 1. The van der Waals surface area contributed by atoms with Crippen molar-refractivity contribution in [3.05, 3.63) is 52.3 Å². The predicted octanol–water partition coefficient (Wildman–Crippen LogP) is 2.86. The summed E-state index contributed by atoms with van der Waals surface area (Å²) in [6.45, 7) is 4.81. The van der Waals surface area contributed by atoms with Crippen LogP contribution in [0.15, 0.2) is 36.5 Å². The van der Waals surface area contributed by atoms with Crippen LogP contribution in [-0.2, 0) is 6.54 Å². The minimum Gasteiger partial charge on any atom is -0.354 e. The zero-order valence-corrected chi connectivity index (χ0v) is 13.1. The molecule has 2 aromatic rings. The average molecular weight is 319 g/mol. The average Bonchev–Trinajstić information content (AvgIpc) is 2.96. The van der Waals surface area contributed by atoms with E-state index in [0.29, 0.717) is 10.8 Å². The molecule has 1 aromatic heterocycles. The number of thiocarbonyl (C=S) groups is 1. The summed E-state index contributed by atoms with van der Waals surface area (Å²) in [4.78, 5) is 10.2. The van der Waals surface area contributed by atoms with E-state index in [1.54, 1.807) is 18.3 Å². The molecule has 8 heteroatoms. The number of nitrogens with zero attached hydrogens (tertiary/aromatic N) is 3. The van der Waals surface area contributed by atoms with Crippen LogP contribution in [0.3, 0.4) is 0 Å². The van der Waals surface area contributed by atoms with Gasteiger partial charge in [-0.05, 0) is 44.3 Å². The summed E-state index contributed by atoms with van der Waals surface area (Å²) in [7, 11) is 0. The highest BCUT2D eigenvalue weighted by Crippen LogP contribution is 2.16. The van der Waals surface area contributed by atoms with Crippen molar-refractivity contribution in [2.75, 3.05) is 5.32 Å². The quantitative estimate of drug-likeness (QED) is 0.501. The summed E-state index contributed by atoms with van der Waals surface area (Å²) in [6, 6.07) is 8.04. The van der Waals surface area contributed by atoms with E-state index in [4.69, 9.17) is 12.2 Å². The van der Waals surface area contributed by atoms with Gasteiger partial charge in [0.1, 0.15) is 0 Å². The Bertz CT molecular complexity index is 668. The molecule has 1 aromatic carbocycles. The second-order valence-electron chi connectivity index (χ2n) is 4.70. The number of aryl methyl sites for hydroxylation is 1. The minimum atomic E-state index is -0.436. The minimum absolute atomic E-state index is 0.000461. The van der Waals surface area contributed by atoms with Crippen molar-refractivity contribution in [1.82, 2.24) is 15.1 Å². The maximum absolute atomic E-state index is 10.6. The van der Waals surface area contributed by atoms with E-state index in [1.165, 1.54) is 12.1 Å². The molecule has 7 nitrogen and oxygen atoms in total. The van der Waals surface area contributed by atoms with E-state index in [9.17, 15) is 10.1 Å². The first-order valence-electron chi connectivity index (χ1n) is 6.85. The molecule has 2 N–H and O–H groups in total. The number of nitro benzene ring substituents is 1. The number of non-ortho nitro benzene ring substituents is 1. The van der Waals surface area contributed by atoms with Gasteiger partial charge in [-0.3, -0.25) is 14.8 Å². The third kappa shape index (κ3) is 3.79. The van der Waals surface area contributed by atoms with Gasteiger partial charge in [0.2, 0.25) is 0 Å². The second-order valence-corrected chi connectivity index (χ2v) is 5.10. The Morgan fingerprint density at radius 1 is 1.41 bits per heavy atom. The topological polar surface area (TPSA) is 85.0 Å². The summed E-state index contributed by atoms with van der Waals surface area (Å²) in [5, 5.41) is 21.5. The van der Waals surface area contributed by atoms with Gasteiger partial charge in [-0.1, -0.05) is 0 Å². The largest absolute Gasteiger partial charge is 0.354 e. The molecular weight excluding hydrogens is 302 g/mol. The number of hydrogen-bond donors (Lipinski definition) is 2. The van der Waals surface area contributed by atoms with Crippen molar-refractivity contribution < 1.29 is 4.92 Å². The van der Waals surface area contributed by atoms with Crippen LogP contribution in [0, 0.1) is 10.1 Å². The van der Waals surface area contributed by atoms with Crippen LogP contribution >= 0.6 is 12.2 Å². The highest BCUT2D eigenvalue weighted by atomic mass is 32.1. The van der Waals surface area contributed by atoms with Gasteiger partial charge in [-0.2, -0.15) is 5.10 Å². The van der Waals surface area contributed by atoms with E-state index >= 15 is 0 Å². The first-order chi connectivity index (χ1) is 10.5. The summed E-state index contributed by atoms with van der Waals surface area (Å²) >= 11 is 5.26. The highest BCUT2D eigenvalue weighted by molar-refractivity contribution is 7.80. The lowest BCUT2D eigenvalue weighted by Gasteiger charge is -2.18. The molecule has 0 aliphatic heterocycles. The summed E-state index contributed by atoms with van der Waals surface area (Å²) in [5.74, 6) is 0. The molecule has 22 heavy (non-hydrogen) atoms. The molecule has 1 heterocycles. The van der Waals surface area contributed by atoms with E-state index in [2.05, 4.69) is 15.7 Å². The van der Waals surface area contributed by atoms with Gasteiger partial charge >= 0.3 is 0 Å². The monoisotopic (exact) mass is 319 g/mol. The van der Waals surface area contributed by atoms with Crippen molar-refractivity contribution in [3.63, 3.8) is 0 Å². The lowest BCUT2D eigenvalue weighted by atomic mass is 10.2. The molecule has 0 saturated carbocycles. The first kappa shape index (κ1) is 15.9. The molecule has 0 amide bonds. The Kier molecular flexibility index (Phi) is 5.05. The standard InChI is InChI=1S/C14H17N5O2S/c1-3-18-13(8-9-15-18)10(2)16-14(22)17-11-4-6-12(7-5-11)19(20)21/h4-10H,3H2,1-2H3,(H2,16,17,22). The molecule has 0 aliphatic rings. The van der Waals surface area contributed by atoms with Crippen molar-refractivity contribution >= 4 is 28.7 Å². The van der Waals surface area contributed by atoms with E-state index in [1.807, 2.05) is 24.6 Å². The van der Waals surface area contributed by atoms with Crippen molar-refractivity contribution in [2.24, 2.45) is 0 Å². The van der Waals surface area contributed by atoms with Crippen LogP contribution in [-0.4, -0.2) is 19.8 Å². The molecule has 0 radical (unpaired) electrons. The summed E-state index contributed by atoms with van der Waals surface area (Å²) < 4.78 is 1.89. The SMILES string of the molecule is CCn1nccc1C(C)NC(=S)Nc1ccc([N+](=O)[O-])cc1. The van der Waals surface area contributed by atoms with Crippen LogP contribution in [0.25, 0.3) is 0 Å². The van der Waals surface area contributed by atoms with E-state index in [-0.39, 0.29) is 11.7 Å². The third-order valence-electron chi connectivity index (χ3n) is 3.18. The Labute approximate surface area is 133 Å². The number of anilines is 1. The number of benzene rings is 1. The normalized spacial score (nSPS) is 11.7. The third-order valence-corrected chi connectivity index (χ3v) is 3.40. The van der Waals surface area contributed by atoms with Crippen LogP contribution < -0.4 is 10.6 Å².